The standard InChI is InChI=1S/C11H20O3/c1-8(2)10(13)14-7-9(6-12)11(3,4)5/h9,12H,1,6-7H2,2-5H3. The van der Waals surface area contributed by atoms with Gasteiger partial charge in [0, 0.05) is 18.1 Å². The van der Waals surface area contributed by atoms with E-state index in [0.717, 1.165) is 0 Å². The number of rotatable bonds is 4. The molecule has 0 spiro atoms. The lowest BCUT2D eigenvalue weighted by atomic mass is 9.82. The minimum atomic E-state index is -0.396. The van der Waals surface area contributed by atoms with Gasteiger partial charge in [-0.25, -0.2) is 4.79 Å². The summed E-state index contributed by atoms with van der Waals surface area (Å²) in [4.78, 5) is 11.1. The van der Waals surface area contributed by atoms with Gasteiger partial charge >= 0.3 is 5.97 Å². The highest BCUT2D eigenvalue weighted by atomic mass is 16.5. The van der Waals surface area contributed by atoms with E-state index < -0.39 is 5.97 Å². The molecule has 0 amide bonds. The molecule has 1 atom stereocenters. The molecule has 3 nitrogen and oxygen atoms in total. The average Bonchev–Trinajstić information content (AvgIpc) is 2.02. The summed E-state index contributed by atoms with van der Waals surface area (Å²) < 4.78 is 4.98. The monoisotopic (exact) mass is 200 g/mol. The Bertz CT molecular complexity index is 213. The first-order chi connectivity index (χ1) is 6.29. The van der Waals surface area contributed by atoms with Crippen LogP contribution in [-0.4, -0.2) is 24.3 Å². The molecular weight excluding hydrogens is 180 g/mol. The summed E-state index contributed by atoms with van der Waals surface area (Å²) in [5.74, 6) is -0.432. The smallest absolute Gasteiger partial charge is 0.333 e. The zero-order valence-electron chi connectivity index (χ0n) is 9.46. The van der Waals surface area contributed by atoms with Crippen LogP contribution in [0.15, 0.2) is 12.2 Å². The summed E-state index contributed by atoms with van der Waals surface area (Å²) in [6.07, 6.45) is 0. The number of esters is 1. The number of aliphatic hydroxyl groups is 1. The maximum atomic E-state index is 11.1. The molecule has 82 valence electrons. The van der Waals surface area contributed by atoms with Gasteiger partial charge in [-0.15, -0.1) is 0 Å². The van der Waals surface area contributed by atoms with Gasteiger partial charge in [0.25, 0.3) is 0 Å². The zero-order chi connectivity index (χ0) is 11.4. The molecule has 14 heavy (non-hydrogen) atoms. The van der Waals surface area contributed by atoms with Crippen LogP contribution in [0.4, 0.5) is 0 Å². The molecule has 0 aliphatic carbocycles. The SMILES string of the molecule is C=C(C)C(=O)OCC(CO)C(C)(C)C. The van der Waals surface area contributed by atoms with E-state index in [1.54, 1.807) is 6.92 Å². The molecule has 0 aromatic heterocycles. The second-order valence-electron chi connectivity index (χ2n) is 4.62. The number of ether oxygens (including phenoxy) is 1. The third-order valence-corrected chi connectivity index (χ3v) is 2.21. The Morgan fingerprint density at radius 1 is 1.50 bits per heavy atom. The van der Waals surface area contributed by atoms with E-state index in [0.29, 0.717) is 5.57 Å². The number of hydrogen-bond donors (Lipinski definition) is 1. The lowest BCUT2D eigenvalue weighted by Crippen LogP contribution is -2.29. The minimum Gasteiger partial charge on any atom is -0.462 e. The highest BCUT2D eigenvalue weighted by Crippen LogP contribution is 2.25. The van der Waals surface area contributed by atoms with Crippen molar-refractivity contribution >= 4 is 5.97 Å². The van der Waals surface area contributed by atoms with Crippen LogP contribution in [0.3, 0.4) is 0 Å². The summed E-state index contributed by atoms with van der Waals surface area (Å²) in [5, 5.41) is 9.10. The van der Waals surface area contributed by atoms with E-state index in [2.05, 4.69) is 6.58 Å². The second-order valence-corrected chi connectivity index (χ2v) is 4.62. The zero-order valence-corrected chi connectivity index (χ0v) is 9.46. The summed E-state index contributed by atoms with van der Waals surface area (Å²) in [6, 6.07) is 0. The van der Waals surface area contributed by atoms with E-state index in [1.165, 1.54) is 0 Å². The molecule has 0 radical (unpaired) electrons. The summed E-state index contributed by atoms with van der Waals surface area (Å²) >= 11 is 0. The van der Waals surface area contributed by atoms with E-state index in [-0.39, 0.29) is 24.5 Å². The molecule has 0 rings (SSSR count). The molecule has 0 heterocycles. The van der Waals surface area contributed by atoms with Gasteiger partial charge in [0.15, 0.2) is 0 Å². The van der Waals surface area contributed by atoms with Crippen LogP contribution in [0.5, 0.6) is 0 Å². The predicted octanol–water partition coefficient (Wildman–Crippen LogP) is 1.76. The summed E-state index contributed by atoms with van der Waals surface area (Å²) in [7, 11) is 0. The van der Waals surface area contributed by atoms with Crippen LogP contribution in [-0.2, 0) is 9.53 Å². The Morgan fingerprint density at radius 3 is 2.29 bits per heavy atom. The van der Waals surface area contributed by atoms with Gasteiger partial charge in [0.1, 0.15) is 0 Å². The van der Waals surface area contributed by atoms with Crippen LogP contribution >= 0.6 is 0 Å². The fourth-order valence-electron chi connectivity index (χ4n) is 0.876. The van der Waals surface area contributed by atoms with Gasteiger partial charge in [-0.3, -0.25) is 0 Å². The van der Waals surface area contributed by atoms with Crippen molar-refractivity contribution in [2.24, 2.45) is 11.3 Å². The van der Waals surface area contributed by atoms with Crippen LogP contribution in [0, 0.1) is 11.3 Å². The van der Waals surface area contributed by atoms with Crippen molar-refractivity contribution in [1.82, 2.24) is 0 Å². The Labute approximate surface area is 85.8 Å². The Hall–Kier alpha value is -0.830. The molecule has 1 N–H and O–H groups in total. The van der Waals surface area contributed by atoms with Gasteiger partial charge in [-0.1, -0.05) is 27.4 Å². The van der Waals surface area contributed by atoms with Crippen LogP contribution in [0.2, 0.25) is 0 Å². The first-order valence-electron chi connectivity index (χ1n) is 4.72. The molecule has 0 bridgehead atoms. The molecular formula is C11H20O3. The maximum absolute atomic E-state index is 11.1. The fraction of sp³-hybridized carbons (Fsp3) is 0.727. The lowest BCUT2D eigenvalue weighted by Gasteiger charge is -2.28. The fourth-order valence-corrected chi connectivity index (χ4v) is 0.876. The number of aliphatic hydroxyl groups excluding tert-OH is 1. The third kappa shape index (κ3) is 4.42. The maximum Gasteiger partial charge on any atom is 0.333 e. The molecule has 0 saturated carbocycles. The Kier molecular flexibility index (Phi) is 4.85. The topological polar surface area (TPSA) is 46.5 Å². The van der Waals surface area contributed by atoms with Crippen molar-refractivity contribution in [2.45, 2.75) is 27.7 Å². The van der Waals surface area contributed by atoms with E-state index in [1.807, 2.05) is 20.8 Å². The van der Waals surface area contributed by atoms with Crippen molar-refractivity contribution in [3.63, 3.8) is 0 Å². The van der Waals surface area contributed by atoms with Crippen molar-refractivity contribution in [3.05, 3.63) is 12.2 Å². The quantitative estimate of drug-likeness (QED) is 0.555. The molecule has 0 saturated heterocycles. The molecule has 0 aliphatic heterocycles. The molecule has 0 aromatic carbocycles. The van der Waals surface area contributed by atoms with Crippen molar-refractivity contribution in [3.8, 4) is 0 Å². The molecule has 1 unspecified atom stereocenters. The molecule has 3 heteroatoms. The minimum absolute atomic E-state index is 0.0208. The van der Waals surface area contributed by atoms with Gasteiger partial charge in [-0.2, -0.15) is 0 Å². The van der Waals surface area contributed by atoms with Crippen LogP contribution in [0.1, 0.15) is 27.7 Å². The number of carbonyl (C=O) groups is 1. The van der Waals surface area contributed by atoms with E-state index in [4.69, 9.17) is 9.84 Å². The predicted molar refractivity (Wildman–Crippen MR) is 55.8 cm³/mol. The first kappa shape index (κ1) is 13.2. The van der Waals surface area contributed by atoms with Crippen LogP contribution in [0.25, 0.3) is 0 Å². The number of hydrogen-bond acceptors (Lipinski definition) is 3. The normalized spacial score (nSPS) is 13.5. The lowest BCUT2D eigenvalue weighted by molar-refractivity contribution is -0.142. The van der Waals surface area contributed by atoms with Crippen molar-refractivity contribution in [2.75, 3.05) is 13.2 Å². The van der Waals surface area contributed by atoms with Crippen molar-refractivity contribution in [1.29, 1.82) is 0 Å². The highest BCUT2D eigenvalue weighted by Gasteiger charge is 2.25. The average molecular weight is 200 g/mol. The van der Waals surface area contributed by atoms with Gasteiger partial charge in [-0.05, 0) is 12.3 Å². The van der Waals surface area contributed by atoms with Gasteiger partial charge in [0.05, 0.1) is 6.61 Å². The van der Waals surface area contributed by atoms with Crippen LogP contribution < -0.4 is 0 Å². The second kappa shape index (κ2) is 5.15. The van der Waals surface area contributed by atoms with Crippen molar-refractivity contribution < 1.29 is 14.6 Å². The molecule has 0 aliphatic rings. The largest absolute Gasteiger partial charge is 0.462 e. The third-order valence-electron chi connectivity index (χ3n) is 2.21. The van der Waals surface area contributed by atoms with Gasteiger partial charge < -0.3 is 9.84 Å². The molecule has 0 fully saturated rings. The van der Waals surface area contributed by atoms with Gasteiger partial charge in [0.2, 0.25) is 0 Å². The van der Waals surface area contributed by atoms with E-state index >= 15 is 0 Å². The first-order valence-corrected chi connectivity index (χ1v) is 4.72. The van der Waals surface area contributed by atoms with E-state index in [9.17, 15) is 4.79 Å². The summed E-state index contributed by atoms with van der Waals surface area (Å²) in [6.45, 7) is 11.4. The summed E-state index contributed by atoms with van der Waals surface area (Å²) in [5.41, 5.74) is 0.319. The highest BCUT2D eigenvalue weighted by molar-refractivity contribution is 5.86. The number of carbonyl (C=O) groups excluding carboxylic acids is 1. The Morgan fingerprint density at radius 2 is 2.00 bits per heavy atom. The molecule has 0 aromatic rings. The Balaban J connectivity index is 4.10.